The molecule has 8 rings (SSSR count). The summed E-state index contributed by atoms with van der Waals surface area (Å²) in [6.45, 7) is 0.513. The van der Waals surface area contributed by atoms with Gasteiger partial charge < -0.3 is 29.5 Å². The maximum atomic E-state index is 11.3. The van der Waals surface area contributed by atoms with Crippen molar-refractivity contribution >= 4 is 34.9 Å². The number of anilines is 2. The first-order valence-electron chi connectivity index (χ1n) is 15.6. The molecule has 12 heteroatoms. The molecule has 4 aliphatic rings. The van der Waals surface area contributed by atoms with E-state index in [-0.39, 0.29) is 24.6 Å². The lowest BCUT2D eigenvalue weighted by Crippen LogP contribution is -2.52. The van der Waals surface area contributed by atoms with Crippen LogP contribution >= 0.6 is 0 Å². The lowest BCUT2D eigenvalue weighted by molar-refractivity contribution is -0.385. The van der Waals surface area contributed by atoms with Crippen LogP contribution in [-0.4, -0.2) is 57.8 Å². The first-order valence-corrected chi connectivity index (χ1v) is 15.6. The summed E-state index contributed by atoms with van der Waals surface area (Å²) in [4.78, 5) is 25.8. The minimum atomic E-state index is -0.886. The molecular weight excluding hydrogens is 616 g/mol. The highest BCUT2D eigenvalue weighted by molar-refractivity contribution is 5.78. The molecule has 0 saturated heterocycles. The predicted octanol–water partition coefficient (Wildman–Crippen LogP) is 5.48. The minimum Gasteiger partial charge on any atom is -0.463 e. The van der Waals surface area contributed by atoms with Crippen LogP contribution in [0.15, 0.2) is 84.9 Å². The highest BCUT2D eigenvalue weighted by atomic mass is 16.6. The average molecular weight is 647 g/mol. The molecule has 4 aromatic carbocycles. The normalized spacial score (nSPS) is 21.0. The molecule has 12 nitrogen and oxygen atoms in total. The highest BCUT2D eigenvalue weighted by Crippen LogP contribution is 2.48. The second-order valence-electron chi connectivity index (χ2n) is 12.3. The molecular formula is C36H30N4O8. The Hall–Kier alpha value is -5.72. The monoisotopic (exact) mass is 646 g/mol. The molecule has 2 atom stereocenters. The first kappa shape index (κ1) is 29.7. The Bertz CT molecular complexity index is 1930. The smallest absolute Gasteiger partial charge is 0.270 e. The molecule has 2 spiro atoms. The van der Waals surface area contributed by atoms with E-state index in [2.05, 4.69) is 12.1 Å². The van der Waals surface area contributed by atoms with Crippen LogP contribution in [0.1, 0.15) is 22.3 Å². The van der Waals surface area contributed by atoms with Gasteiger partial charge in [0, 0.05) is 72.7 Å². The average Bonchev–Trinajstić information content (AvgIpc) is 3.54. The Kier molecular flexibility index (Phi) is 6.76. The van der Waals surface area contributed by atoms with Crippen molar-refractivity contribution in [3.63, 3.8) is 0 Å². The molecule has 48 heavy (non-hydrogen) atoms. The molecule has 4 aromatic rings. The number of rotatable bonds is 7. The summed E-state index contributed by atoms with van der Waals surface area (Å²) in [5, 5.41) is 42.5. The number of β-amino-alcohol motifs (C(OH)–C–C–N with tert-alkyl or cyclic N) is 2. The summed E-state index contributed by atoms with van der Waals surface area (Å²) < 4.78 is 13.1. The third-order valence-electron chi connectivity index (χ3n) is 9.55. The van der Waals surface area contributed by atoms with E-state index in [0.717, 1.165) is 33.6 Å². The molecule has 0 bridgehead atoms. The number of hydrogen-bond donors (Lipinski definition) is 2. The Labute approximate surface area is 274 Å². The number of non-ortho nitro benzene ring substituents is 2. The number of nitro groups is 2. The third-order valence-corrected chi connectivity index (χ3v) is 9.55. The number of aliphatic hydroxyl groups excluding tert-OH is 2. The van der Waals surface area contributed by atoms with Crippen molar-refractivity contribution < 1.29 is 29.5 Å². The van der Waals surface area contributed by atoms with Crippen LogP contribution in [0.2, 0.25) is 0 Å². The van der Waals surface area contributed by atoms with Crippen molar-refractivity contribution in [3.05, 3.63) is 127 Å². The number of aliphatic hydroxyl groups is 2. The van der Waals surface area contributed by atoms with Crippen molar-refractivity contribution in [1.82, 2.24) is 0 Å². The fraction of sp³-hybridized carbons (Fsp3) is 0.222. The number of ether oxygens (including phenoxy) is 2. The van der Waals surface area contributed by atoms with Gasteiger partial charge in [0.1, 0.15) is 11.5 Å². The van der Waals surface area contributed by atoms with Crippen LogP contribution in [0.3, 0.4) is 0 Å². The van der Waals surface area contributed by atoms with Crippen molar-refractivity contribution in [3.8, 4) is 22.6 Å². The van der Waals surface area contributed by atoms with E-state index in [0.29, 0.717) is 48.6 Å². The van der Waals surface area contributed by atoms with Gasteiger partial charge in [-0.25, -0.2) is 0 Å². The lowest BCUT2D eigenvalue weighted by Gasteiger charge is -2.40. The molecule has 0 aromatic heterocycles. The first-order chi connectivity index (χ1) is 23.2. The van der Waals surface area contributed by atoms with Gasteiger partial charge in [0.25, 0.3) is 11.4 Å². The van der Waals surface area contributed by atoms with E-state index < -0.39 is 21.3 Å². The van der Waals surface area contributed by atoms with Gasteiger partial charge in [-0.1, -0.05) is 12.1 Å². The van der Waals surface area contributed by atoms with Gasteiger partial charge >= 0.3 is 0 Å². The van der Waals surface area contributed by atoms with E-state index in [1.165, 1.54) is 24.3 Å². The van der Waals surface area contributed by atoms with Crippen LogP contribution in [-0.2, 0) is 12.8 Å². The molecule has 4 aliphatic heterocycles. The maximum Gasteiger partial charge on any atom is 0.270 e. The van der Waals surface area contributed by atoms with Gasteiger partial charge in [-0.3, -0.25) is 20.2 Å². The van der Waals surface area contributed by atoms with Crippen molar-refractivity contribution in [2.75, 3.05) is 36.1 Å². The quantitative estimate of drug-likeness (QED) is 0.195. The zero-order chi connectivity index (χ0) is 33.2. The lowest BCUT2D eigenvalue weighted by atomic mass is 9.96. The summed E-state index contributed by atoms with van der Waals surface area (Å²) in [5.74, 6) is 1.08. The summed E-state index contributed by atoms with van der Waals surface area (Å²) in [6, 6.07) is 21.5. The summed E-state index contributed by atoms with van der Waals surface area (Å²) in [5.41, 5.74) is 5.43. The van der Waals surface area contributed by atoms with Gasteiger partial charge in [-0.15, -0.1) is 0 Å². The van der Waals surface area contributed by atoms with Gasteiger partial charge in [0.2, 0.25) is 11.4 Å². The second kappa shape index (κ2) is 10.9. The van der Waals surface area contributed by atoms with E-state index in [9.17, 15) is 30.4 Å². The number of nitrogens with zero attached hydrogens (tertiary/aromatic N) is 4. The van der Waals surface area contributed by atoms with E-state index >= 15 is 0 Å². The van der Waals surface area contributed by atoms with Crippen LogP contribution in [0.25, 0.3) is 23.3 Å². The third kappa shape index (κ3) is 4.60. The van der Waals surface area contributed by atoms with Crippen LogP contribution < -0.4 is 19.3 Å². The van der Waals surface area contributed by atoms with Crippen LogP contribution in [0, 0.1) is 20.2 Å². The standard InChI is InChI=1S/C36H30N4O8/c41-15-13-37-31-5-1-23(17-27(31)21-35(37)11-9-25-19-29(39(43)44)3-7-33(25)47-35)24-2-6-32-28(18-24)22-36(38(32)14-16-42)12-10-26-20-30(40(45)46)4-8-34(26)48-36/h1-12,17-20,41-42H,13-16,21-22H2. The fourth-order valence-electron chi connectivity index (χ4n) is 7.42. The second-order valence-corrected chi connectivity index (χ2v) is 12.3. The van der Waals surface area contributed by atoms with Gasteiger partial charge in [0.05, 0.1) is 23.1 Å². The number of nitro benzene ring substituents is 2. The largest absolute Gasteiger partial charge is 0.463 e. The van der Waals surface area contributed by atoms with Crippen LogP contribution in [0.4, 0.5) is 22.7 Å². The number of fused-ring (bicyclic) bond motifs is 4. The SMILES string of the molecule is O=[N+]([O-])c1ccc2c(c1)C=CC1(Cc3cc(-c4ccc5c(c4)CC4(C=Cc6cc([N+](=O)[O-])ccc6O4)N5CCO)ccc3N1CCO)O2. The molecule has 0 radical (unpaired) electrons. The molecule has 2 unspecified atom stereocenters. The van der Waals surface area contributed by atoms with E-state index in [4.69, 9.17) is 9.47 Å². The van der Waals surface area contributed by atoms with Gasteiger partial charge in [-0.2, -0.15) is 0 Å². The Morgan fingerprint density at radius 2 is 1.08 bits per heavy atom. The van der Waals surface area contributed by atoms with Crippen molar-refractivity contribution in [2.24, 2.45) is 0 Å². The van der Waals surface area contributed by atoms with E-state index in [1.54, 1.807) is 12.1 Å². The molecule has 4 heterocycles. The fourth-order valence-corrected chi connectivity index (χ4v) is 7.42. The molecule has 2 N–H and O–H groups in total. The Morgan fingerprint density at radius 1 is 0.646 bits per heavy atom. The molecule has 0 saturated carbocycles. The van der Waals surface area contributed by atoms with Gasteiger partial charge in [-0.05, 0) is 83.0 Å². The van der Waals surface area contributed by atoms with Crippen molar-refractivity contribution in [2.45, 2.75) is 24.3 Å². The zero-order valence-corrected chi connectivity index (χ0v) is 25.6. The number of benzene rings is 4. The summed E-state index contributed by atoms with van der Waals surface area (Å²) in [7, 11) is 0. The van der Waals surface area contributed by atoms with E-state index in [1.807, 2.05) is 58.4 Å². The Balaban J connectivity index is 1.10. The van der Waals surface area contributed by atoms with Crippen molar-refractivity contribution in [1.29, 1.82) is 0 Å². The maximum absolute atomic E-state index is 11.3. The number of hydrogen-bond acceptors (Lipinski definition) is 10. The zero-order valence-electron chi connectivity index (χ0n) is 25.6. The summed E-state index contributed by atoms with van der Waals surface area (Å²) >= 11 is 0. The minimum absolute atomic E-state index is 0.00793. The predicted molar refractivity (Wildman–Crippen MR) is 179 cm³/mol. The van der Waals surface area contributed by atoms with Gasteiger partial charge in [0.15, 0.2) is 0 Å². The molecule has 0 fully saturated rings. The molecule has 0 amide bonds. The molecule has 0 aliphatic carbocycles. The van der Waals surface area contributed by atoms with Crippen LogP contribution in [0.5, 0.6) is 11.5 Å². The molecule has 242 valence electrons. The highest BCUT2D eigenvalue weighted by Gasteiger charge is 2.47. The topological polar surface area (TPSA) is 152 Å². The Morgan fingerprint density at radius 3 is 1.48 bits per heavy atom. The summed E-state index contributed by atoms with van der Waals surface area (Å²) in [6.07, 6.45) is 8.53.